The SMILES string of the molecule is ClOOCl.[O-][Cl+]O. The van der Waals surface area contributed by atoms with Crippen LogP contribution in [0.15, 0.2) is 0 Å². The van der Waals surface area contributed by atoms with Crippen LogP contribution in [0, 0.1) is 11.3 Å². The molecular weight excluding hydrogens is 170 g/mol. The van der Waals surface area contributed by atoms with E-state index < -0.39 is 0 Å². The molecule has 0 aromatic rings. The molecule has 0 spiro atoms. The van der Waals surface area contributed by atoms with Gasteiger partial charge in [0.25, 0.3) is 0 Å². The van der Waals surface area contributed by atoms with Crippen LogP contribution in [0.5, 0.6) is 0 Å². The molecule has 7 heteroatoms. The zero-order valence-corrected chi connectivity index (χ0v) is 5.07. The summed E-state index contributed by atoms with van der Waals surface area (Å²) >= 11 is 8.50. The second kappa shape index (κ2) is 15.9. The summed E-state index contributed by atoms with van der Waals surface area (Å²) < 4.78 is 21.8. The molecule has 0 aromatic carbocycles. The Labute approximate surface area is 53.9 Å². The molecule has 0 aliphatic heterocycles. The van der Waals surface area contributed by atoms with Gasteiger partial charge in [-0.2, -0.15) is 0 Å². The van der Waals surface area contributed by atoms with Crippen LogP contribution in [0.4, 0.5) is 0 Å². The number of hydrogen-bond donors (Lipinski definition) is 1. The molecule has 0 amide bonds. The molecular formula is HCl3O4. The van der Waals surface area contributed by atoms with Crippen molar-refractivity contribution in [1.29, 1.82) is 0 Å². The van der Waals surface area contributed by atoms with E-state index in [1.165, 1.54) is 0 Å². The monoisotopic (exact) mass is 170 g/mol. The van der Waals surface area contributed by atoms with Gasteiger partial charge in [0.15, 0.2) is 0 Å². The minimum absolute atomic E-state index is 0.167. The second-order valence-electron chi connectivity index (χ2n) is 0.195. The van der Waals surface area contributed by atoms with E-state index in [4.69, 9.17) is 9.32 Å². The van der Waals surface area contributed by atoms with Crippen molar-refractivity contribution < 1.29 is 29.5 Å². The fourth-order valence-corrected chi connectivity index (χ4v) is 0. The van der Waals surface area contributed by atoms with E-state index in [9.17, 15) is 0 Å². The maximum Gasteiger partial charge on any atom is 0.327 e. The first-order valence-corrected chi connectivity index (χ1v) is 2.06. The first-order valence-electron chi connectivity index (χ1n) is 0.799. The third kappa shape index (κ3) is 50.9. The fourth-order valence-electron chi connectivity index (χ4n) is 0. The summed E-state index contributed by atoms with van der Waals surface area (Å²) in [5.74, 6) is 0. The number of rotatable bonds is 1. The third-order valence-electron chi connectivity index (χ3n) is 0.0238. The van der Waals surface area contributed by atoms with Gasteiger partial charge < -0.3 is 4.66 Å². The van der Waals surface area contributed by atoms with Crippen LogP contribution in [0.2, 0.25) is 0 Å². The summed E-state index contributed by atoms with van der Waals surface area (Å²) in [5, 5.41) is 0. The van der Waals surface area contributed by atoms with Gasteiger partial charge in [-0.3, -0.25) is 0 Å². The van der Waals surface area contributed by atoms with Crippen LogP contribution >= 0.6 is 23.7 Å². The maximum absolute atomic E-state index is 8.35. The molecule has 1 N–H and O–H groups in total. The molecule has 0 rings (SSSR count). The van der Waals surface area contributed by atoms with Crippen molar-refractivity contribution in [3.8, 4) is 0 Å². The normalized spacial score (nSPS) is 6.86. The van der Waals surface area contributed by atoms with Gasteiger partial charge in [0, 0.05) is 0 Å². The van der Waals surface area contributed by atoms with Crippen LogP contribution < -0.4 is 4.66 Å². The van der Waals surface area contributed by atoms with Crippen molar-refractivity contribution in [2.75, 3.05) is 0 Å². The third-order valence-corrected chi connectivity index (χ3v) is 0.214. The highest BCUT2D eigenvalue weighted by molar-refractivity contribution is 6.10. The molecule has 0 fully saturated rings. The molecule has 0 atom stereocenters. The van der Waals surface area contributed by atoms with Gasteiger partial charge in [0.1, 0.15) is 23.7 Å². The Hall–Kier alpha value is 0.710. The van der Waals surface area contributed by atoms with Crippen molar-refractivity contribution in [2.45, 2.75) is 0 Å². The summed E-state index contributed by atoms with van der Waals surface area (Å²) in [7, 11) is 0. The second-order valence-corrected chi connectivity index (χ2v) is 0.585. The lowest BCUT2D eigenvalue weighted by atomic mass is 15.0. The van der Waals surface area contributed by atoms with Crippen molar-refractivity contribution >= 4 is 23.7 Å². The molecule has 46 valence electrons. The van der Waals surface area contributed by atoms with Gasteiger partial charge in [0.05, 0.1) is 0 Å². The van der Waals surface area contributed by atoms with E-state index >= 15 is 0 Å². The Morgan fingerprint density at radius 2 is 1.57 bits per heavy atom. The van der Waals surface area contributed by atoms with E-state index in [-0.39, 0.29) is 11.3 Å². The quantitative estimate of drug-likeness (QED) is 0.427. The Bertz CT molecular complexity index is 14.4. The summed E-state index contributed by atoms with van der Waals surface area (Å²) in [6.07, 6.45) is 0. The lowest BCUT2D eigenvalue weighted by Crippen LogP contribution is -1.94. The highest BCUT2D eigenvalue weighted by Crippen LogP contribution is 1.82. The molecule has 7 heavy (non-hydrogen) atoms. The number of hydrogen-bond acceptors (Lipinski definition) is 4. The van der Waals surface area contributed by atoms with E-state index in [1.54, 1.807) is 0 Å². The van der Waals surface area contributed by atoms with E-state index in [2.05, 4.69) is 32.6 Å². The first-order chi connectivity index (χ1) is 3.33. The van der Waals surface area contributed by atoms with Crippen LogP contribution in [-0.2, 0) is 8.88 Å². The van der Waals surface area contributed by atoms with Gasteiger partial charge in [-0.25, -0.2) is 0 Å². The Morgan fingerprint density at radius 3 is 1.57 bits per heavy atom. The van der Waals surface area contributed by atoms with Crippen molar-refractivity contribution in [2.24, 2.45) is 0 Å². The topological polar surface area (TPSA) is 61.8 Å². The Morgan fingerprint density at radius 1 is 1.43 bits per heavy atom. The zero-order valence-electron chi connectivity index (χ0n) is 2.81. The lowest BCUT2D eigenvalue weighted by Gasteiger charge is -1.67. The predicted octanol–water partition coefficient (Wildman–Crippen LogP) is -0.504. The molecule has 0 heterocycles. The van der Waals surface area contributed by atoms with E-state index in [0.717, 1.165) is 0 Å². The highest BCUT2D eigenvalue weighted by Gasteiger charge is 1.58. The van der Waals surface area contributed by atoms with Gasteiger partial charge in [-0.15, -0.1) is 13.5 Å². The van der Waals surface area contributed by atoms with Crippen LogP contribution in [-0.4, -0.2) is 4.66 Å². The highest BCUT2D eigenvalue weighted by atomic mass is 35.6. The maximum atomic E-state index is 8.35. The molecule has 4 nitrogen and oxygen atoms in total. The van der Waals surface area contributed by atoms with Gasteiger partial charge in [-0.05, 0) is 0 Å². The minimum atomic E-state index is -0.167. The summed E-state index contributed by atoms with van der Waals surface area (Å²) in [5.41, 5.74) is 0. The van der Waals surface area contributed by atoms with Crippen LogP contribution in [0.3, 0.4) is 0 Å². The van der Waals surface area contributed by atoms with Crippen LogP contribution in [0.1, 0.15) is 0 Å². The molecule has 0 radical (unpaired) electrons. The average Bonchev–Trinajstić information content (AvgIpc) is 1.69. The summed E-state index contributed by atoms with van der Waals surface area (Å²) in [6.45, 7) is 0. The fraction of sp³-hybridized carbons (Fsp3) is 0. The largest absolute Gasteiger partial charge is 0.506 e. The van der Waals surface area contributed by atoms with Crippen LogP contribution in [0.25, 0.3) is 0 Å². The molecule has 0 saturated heterocycles. The molecule has 0 aromatic heterocycles. The van der Waals surface area contributed by atoms with E-state index in [1.807, 2.05) is 0 Å². The lowest BCUT2D eigenvalue weighted by molar-refractivity contribution is -1.27. The molecule has 0 unspecified atom stereocenters. The van der Waals surface area contributed by atoms with Crippen molar-refractivity contribution in [1.82, 2.24) is 0 Å². The van der Waals surface area contributed by atoms with Crippen molar-refractivity contribution in [3.05, 3.63) is 0 Å². The molecule has 0 aliphatic rings. The first kappa shape index (κ1) is 10.6. The smallest absolute Gasteiger partial charge is 0.327 e. The number of halogens is 3. The van der Waals surface area contributed by atoms with Gasteiger partial charge in [-0.1, -0.05) is 0 Å². The Kier molecular flexibility index (Phi) is 24.2. The molecule has 0 saturated carbocycles. The summed E-state index contributed by atoms with van der Waals surface area (Å²) in [6, 6.07) is 0. The van der Waals surface area contributed by atoms with Gasteiger partial charge in [0.2, 0.25) is 0 Å². The van der Waals surface area contributed by atoms with E-state index in [0.29, 0.717) is 0 Å². The average molecular weight is 171 g/mol. The Balaban J connectivity index is 0. The molecule has 0 bridgehead atoms. The minimum Gasteiger partial charge on any atom is -0.506 e. The zero-order chi connectivity index (χ0) is 6.12. The summed E-state index contributed by atoms with van der Waals surface area (Å²) in [4.78, 5) is 0. The van der Waals surface area contributed by atoms with Gasteiger partial charge >= 0.3 is 11.3 Å². The predicted molar refractivity (Wildman–Crippen MR) is 16.1 cm³/mol. The molecule has 0 aliphatic carbocycles. The van der Waals surface area contributed by atoms with Crippen molar-refractivity contribution in [3.63, 3.8) is 0 Å². The standard InChI is InChI=1S/Cl2O2.ClHO2/c1-3-4-2;2-1-3/h;2H.